The maximum atomic E-state index is 12.3. The molecule has 0 atom stereocenters. The van der Waals surface area contributed by atoms with Gasteiger partial charge in [0.05, 0.1) is 5.75 Å². The van der Waals surface area contributed by atoms with E-state index in [9.17, 15) is 4.79 Å². The second-order valence-electron chi connectivity index (χ2n) is 5.06. The Labute approximate surface area is 134 Å². The number of tetrazole rings is 1. The molecule has 0 amide bonds. The van der Waals surface area contributed by atoms with E-state index < -0.39 is 0 Å². The van der Waals surface area contributed by atoms with Crippen LogP contribution in [-0.2, 0) is 11.3 Å². The SMILES string of the molecule is COCCCn1nnnc1SCC(=O)c1ccc(C)cc1C. The second kappa shape index (κ2) is 8.05. The molecule has 22 heavy (non-hydrogen) atoms. The van der Waals surface area contributed by atoms with Crippen LogP contribution in [0.15, 0.2) is 23.4 Å². The normalized spacial score (nSPS) is 10.9. The molecule has 0 radical (unpaired) electrons. The third-order valence-corrected chi connectivity index (χ3v) is 4.19. The van der Waals surface area contributed by atoms with Gasteiger partial charge < -0.3 is 4.74 Å². The number of hydrogen-bond acceptors (Lipinski definition) is 6. The molecule has 0 aliphatic rings. The summed E-state index contributed by atoms with van der Waals surface area (Å²) < 4.78 is 6.72. The number of ether oxygens (including phenoxy) is 1. The molecule has 7 heteroatoms. The molecule has 6 nitrogen and oxygen atoms in total. The number of carbonyl (C=O) groups excluding carboxylic acids is 1. The average Bonchev–Trinajstić information content (AvgIpc) is 2.92. The van der Waals surface area contributed by atoms with Gasteiger partial charge in [-0.15, -0.1) is 5.10 Å². The molecule has 0 spiro atoms. The molecule has 2 aromatic rings. The molecule has 0 aliphatic heterocycles. The van der Waals surface area contributed by atoms with Gasteiger partial charge in [-0.25, -0.2) is 4.68 Å². The quantitative estimate of drug-likeness (QED) is 0.422. The number of thioether (sulfide) groups is 1. The van der Waals surface area contributed by atoms with Crippen molar-refractivity contribution >= 4 is 17.5 Å². The van der Waals surface area contributed by atoms with Gasteiger partial charge in [0.1, 0.15) is 0 Å². The van der Waals surface area contributed by atoms with Crippen molar-refractivity contribution in [1.82, 2.24) is 20.2 Å². The van der Waals surface area contributed by atoms with E-state index in [1.54, 1.807) is 11.8 Å². The van der Waals surface area contributed by atoms with Crippen LogP contribution < -0.4 is 0 Å². The van der Waals surface area contributed by atoms with Crippen LogP contribution in [0.2, 0.25) is 0 Å². The highest BCUT2D eigenvalue weighted by atomic mass is 32.2. The maximum absolute atomic E-state index is 12.3. The summed E-state index contributed by atoms with van der Waals surface area (Å²) in [6, 6.07) is 5.86. The Hall–Kier alpha value is -1.73. The first-order chi connectivity index (χ1) is 10.6. The summed E-state index contributed by atoms with van der Waals surface area (Å²) in [4.78, 5) is 12.3. The fourth-order valence-electron chi connectivity index (χ4n) is 2.13. The van der Waals surface area contributed by atoms with E-state index in [2.05, 4.69) is 15.5 Å². The zero-order chi connectivity index (χ0) is 15.9. The Morgan fingerprint density at radius 3 is 2.91 bits per heavy atom. The molecule has 2 rings (SSSR count). The monoisotopic (exact) mass is 320 g/mol. The van der Waals surface area contributed by atoms with E-state index in [4.69, 9.17) is 4.74 Å². The second-order valence-corrected chi connectivity index (χ2v) is 6.00. The third kappa shape index (κ3) is 4.38. The average molecular weight is 320 g/mol. The van der Waals surface area contributed by atoms with Crippen molar-refractivity contribution in [2.45, 2.75) is 32.0 Å². The Morgan fingerprint density at radius 2 is 2.18 bits per heavy atom. The van der Waals surface area contributed by atoms with Gasteiger partial charge in [0.25, 0.3) is 0 Å². The molecule has 1 aromatic carbocycles. The molecule has 0 saturated carbocycles. The number of benzene rings is 1. The first kappa shape index (κ1) is 16.6. The molecule has 0 N–H and O–H groups in total. The molecule has 0 saturated heterocycles. The molecule has 118 valence electrons. The predicted octanol–water partition coefficient (Wildman–Crippen LogP) is 2.30. The minimum Gasteiger partial charge on any atom is -0.385 e. The molecule has 0 bridgehead atoms. The standard InChI is InChI=1S/C15H20N4O2S/c1-11-5-6-13(12(2)9-11)14(20)10-22-15-16-17-18-19(15)7-4-8-21-3/h5-6,9H,4,7-8,10H2,1-3H3. The summed E-state index contributed by atoms with van der Waals surface area (Å²) >= 11 is 1.36. The van der Waals surface area contributed by atoms with Gasteiger partial charge in [-0.1, -0.05) is 35.5 Å². The number of aryl methyl sites for hydroxylation is 3. The highest BCUT2D eigenvalue weighted by Gasteiger charge is 2.13. The maximum Gasteiger partial charge on any atom is 0.209 e. The lowest BCUT2D eigenvalue weighted by Crippen LogP contribution is -2.08. The lowest BCUT2D eigenvalue weighted by molar-refractivity contribution is 0.102. The van der Waals surface area contributed by atoms with Gasteiger partial charge in [0.15, 0.2) is 5.78 Å². The largest absolute Gasteiger partial charge is 0.385 e. The number of Topliss-reactive ketones (excluding diaryl/α,β-unsaturated/α-hetero) is 1. The number of methoxy groups -OCH3 is 1. The third-order valence-electron chi connectivity index (χ3n) is 3.23. The van der Waals surface area contributed by atoms with Crippen LogP contribution in [0.5, 0.6) is 0 Å². The van der Waals surface area contributed by atoms with Crippen LogP contribution in [0.25, 0.3) is 0 Å². The van der Waals surface area contributed by atoms with Gasteiger partial charge in [-0.2, -0.15) is 0 Å². The van der Waals surface area contributed by atoms with E-state index in [0.29, 0.717) is 24.1 Å². The number of carbonyl (C=O) groups is 1. The smallest absolute Gasteiger partial charge is 0.209 e. The fourth-order valence-corrected chi connectivity index (χ4v) is 2.92. The summed E-state index contributed by atoms with van der Waals surface area (Å²) in [5.74, 6) is 0.420. The van der Waals surface area contributed by atoms with Gasteiger partial charge in [-0.3, -0.25) is 4.79 Å². The minimum atomic E-state index is 0.0916. The van der Waals surface area contributed by atoms with E-state index >= 15 is 0 Å². The van der Waals surface area contributed by atoms with Crippen LogP contribution in [0.4, 0.5) is 0 Å². The van der Waals surface area contributed by atoms with Crippen LogP contribution in [0.3, 0.4) is 0 Å². The summed E-state index contributed by atoms with van der Waals surface area (Å²) in [7, 11) is 1.66. The fraction of sp³-hybridized carbons (Fsp3) is 0.467. The zero-order valence-electron chi connectivity index (χ0n) is 13.1. The van der Waals surface area contributed by atoms with E-state index in [-0.39, 0.29) is 5.78 Å². The molecule has 0 unspecified atom stereocenters. The number of rotatable bonds is 8. The van der Waals surface area contributed by atoms with Crippen molar-refractivity contribution in [3.8, 4) is 0 Å². The van der Waals surface area contributed by atoms with Crippen molar-refractivity contribution in [3.05, 3.63) is 34.9 Å². The Balaban J connectivity index is 1.95. The Morgan fingerprint density at radius 1 is 1.36 bits per heavy atom. The van der Waals surface area contributed by atoms with Crippen molar-refractivity contribution in [2.75, 3.05) is 19.5 Å². The number of ketones is 1. The van der Waals surface area contributed by atoms with E-state index in [1.807, 2.05) is 32.0 Å². The lowest BCUT2D eigenvalue weighted by Gasteiger charge is -2.06. The van der Waals surface area contributed by atoms with Gasteiger partial charge >= 0.3 is 0 Å². The van der Waals surface area contributed by atoms with Crippen LogP contribution in [-0.4, -0.2) is 45.5 Å². The molecular formula is C15H20N4O2S. The lowest BCUT2D eigenvalue weighted by atomic mass is 10.0. The number of nitrogens with zero attached hydrogens (tertiary/aromatic N) is 4. The highest BCUT2D eigenvalue weighted by molar-refractivity contribution is 7.99. The van der Waals surface area contributed by atoms with Crippen LogP contribution >= 0.6 is 11.8 Å². The molecule has 1 heterocycles. The first-order valence-electron chi connectivity index (χ1n) is 7.10. The molecular weight excluding hydrogens is 300 g/mol. The summed E-state index contributed by atoms with van der Waals surface area (Å²) in [6.07, 6.45) is 0.833. The van der Waals surface area contributed by atoms with Crippen LogP contribution in [0.1, 0.15) is 27.9 Å². The summed E-state index contributed by atoms with van der Waals surface area (Å²) in [5.41, 5.74) is 2.92. The summed E-state index contributed by atoms with van der Waals surface area (Å²) in [6.45, 7) is 5.32. The molecule has 1 aromatic heterocycles. The van der Waals surface area contributed by atoms with Crippen LogP contribution in [0, 0.1) is 13.8 Å². The number of hydrogen-bond donors (Lipinski definition) is 0. The first-order valence-corrected chi connectivity index (χ1v) is 8.08. The molecule has 0 aliphatic carbocycles. The van der Waals surface area contributed by atoms with Crippen molar-refractivity contribution in [1.29, 1.82) is 0 Å². The molecule has 0 fully saturated rings. The predicted molar refractivity (Wildman–Crippen MR) is 85.3 cm³/mol. The topological polar surface area (TPSA) is 69.9 Å². The van der Waals surface area contributed by atoms with E-state index in [1.165, 1.54) is 11.8 Å². The van der Waals surface area contributed by atoms with Crippen molar-refractivity contribution < 1.29 is 9.53 Å². The van der Waals surface area contributed by atoms with Gasteiger partial charge in [0, 0.05) is 25.8 Å². The minimum absolute atomic E-state index is 0.0916. The number of aromatic nitrogens is 4. The van der Waals surface area contributed by atoms with Crippen molar-refractivity contribution in [2.24, 2.45) is 0 Å². The van der Waals surface area contributed by atoms with E-state index in [0.717, 1.165) is 23.1 Å². The Kier molecular flexibility index (Phi) is 6.09. The zero-order valence-corrected chi connectivity index (χ0v) is 13.9. The Bertz CT molecular complexity index is 642. The summed E-state index contributed by atoms with van der Waals surface area (Å²) in [5, 5.41) is 12.2. The van der Waals surface area contributed by atoms with Crippen molar-refractivity contribution in [3.63, 3.8) is 0 Å². The highest BCUT2D eigenvalue weighted by Crippen LogP contribution is 2.18. The van der Waals surface area contributed by atoms with Gasteiger partial charge in [0.2, 0.25) is 5.16 Å². The van der Waals surface area contributed by atoms with Gasteiger partial charge in [-0.05, 0) is 36.3 Å².